The van der Waals surface area contributed by atoms with Crippen molar-refractivity contribution in [3.63, 3.8) is 0 Å². The Kier molecular flexibility index (Phi) is 12.3. The topological polar surface area (TPSA) is 142 Å². The van der Waals surface area contributed by atoms with Crippen LogP contribution < -0.4 is 0 Å². The lowest BCUT2D eigenvalue weighted by Crippen LogP contribution is -2.04. The number of nitriles is 5. The molecule has 0 saturated heterocycles. The van der Waals surface area contributed by atoms with E-state index < -0.39 is 0 Å². The van der Waals surface area contributed by atoms with Gasteiger partial charge in [-0.05, 0) is 171 Å². The fraction of sp³-hybridized carbons (Fsp3) is 0. The molecule has 8 nitrogen and oxygen atoms in total. The van der Waals surface area contributed by atoms with E-state index in [4.69, 9.17) is 4.98 Å². The molecule has 3 aromatic heterocycles. The van der Waals surface area contributed by atoms with Crippen LogP contribution in [0.1, 0.15) is 27.8 Å². The van der Waals surface area contributed by atoms with Crippen molar-refractivity contribution in [3.05, 3.63) is 283 Å². The Morgan fingerprint density at radius 3 is 0.905 bits per heavy atom. The number of fused-ring (bicyclic) bond motifs is 6. The van der Waals surface area contributed by atoms with Crippen molar-refractivity contribution in [1.82, 2.24) is 14.1 Å². The van der Waals surface area contributed by atoms with Gasteiger partial charge in [0.05, 0.1) is 96.9 Å². The van der Waals surface area contributed by atoms with E-state index in [9.17, 15) is 26.3 Å². The van der Waals surface area contributed by atoms with Crippen LogP contribution in [0.5, 0.6) is 0 Å². The third kappa shape index (κ3) is 8.74. The minimum Gasteiger partial charge on any atom is -0.309 e. The fourth-order valence-electron chi connectivity index (χ4n) is 11.8. The summed E-state index contributed by atoms with van der Waals surface area (Å²) in [5, 5.41) is 55.3. The summed E-state index contributed by atoms with van der Waals surface area (Å²) < 4.78 is 4.45. The number of hydrogen-bond donors (Lipinski definition) is 0. The van der Waals surface area contributed by atoms with E-state index in [1.807, 2.05) is 115 Å². The van der Waals surface area contributed by atoms with Crippen molar-refractivity contribution in [2.75, 3.05) is 0 Å². The van der Waals surface area contributed by atoms with Gasteiger partial charge in [-0.1, -0.05) is 133 Å². The highest BCUT2D eigenvalue weighted by Crippen LogP contribution is 2.45. The first-order chi connectivity index (χ1) is 41.4. The quantitative estimate of drug-likeness (QED) is 0.141. The molecule has 386 valence electrons. The van der Waals surface area contributed by atoms with Gasteiger partial charge in [0.25, 0.3) is 0 Å². The molecule has 0 aliphatic carbocycles. The SMILES string of the molecule is N#Cc1cccc(-c2ccc3c(c2)c2cc(-c4cccc(C#N)c4)ccc2n3-c2cc(-c3cc(-c4ccccc4)nc(-c4ccccc4)c3)c(-n3c4ccc(-c5cccc(C#N)c5)cc4c4cc(-c5cccc(C#N)c5)ccc43)cc2C#N)c1. The molecule has 0 aliphatic rings. The van der Waals surface area contributed by atoms with Crippen LogP contribution in [-0.4, -0.2) is 14.1 Å². The Hall–Kier alpha value is -12.4. The third-order valence-electron chi connectivity index (χ3n) is 15.8. The van der Waals surface area contributed by atoms with Crippen molar-refractivity contribution < 1.29 is 0 Å². The van der Waals surface area contributed by atoms with Crippen molar-refractivity contribution in [2.24, 2.45) is 0 Å². The van der Waals surface area contributed by atoms with Gasteiger partial charge in [0.1, 0.15) is 6.07 Å². The summed E-state index contributed by atoms with van der Waals surface area (Å²) >= 11 is 0. The van der Waals surface area contributed by atoms with Crippen molar-refractivity contribution >= 4 is 43.6 Å². The van der Waals surface area contributed by atoms with E-state index in [-0.39, 0.29) is 0 Å². The van der Waals surface area contributed by atoms with Crippen LogP contribution in [0.15, 0.2) is 255 Å². The Bertz CT molecular complexity index is 4980. The molecule has 14 aromatic rings. The van der Waals surface area contributed by atoms with E-state index in [1.54, 1.807) is 24.3 Å². The lowest BCUT2D eigenvalue weighted by molar-refractivity contribution is 1.13. The van der Waals surface area contributed by atoms with Crippen LogP contribution in [0.2, 0.25) is 0 Å². The summed E-state index contributed by atoms with van der Waals surface area (Å²) in [7, 11) is 0. The van der Waals surface area contributed by atoms with E-state index in [2.05, 4.69) is 155 Å². The maximum absolute atomic E-state index is 11.8. The van der Waals surface area contributed by atoms with Gasteiger partial charge in [-0.15, -0.1) is 0 Å². The Labute approximate surface area is 484 Å². The minimum absolute atomic E-state index is 0.426. The van der Waals surface area contributed by atoms with Crippen molar-refractivity contribution in [2.45, 2.75) is 0 Å². The van der Waals surface area contributed by atoms with Crippen LogP contribution in [0.3, 0.4) is 0 Å². The molecule has 0 atom stereocenters. The van der Waals surface area contributed by atoms with Gasteiger partial charge in [-0.25, -0.2) is 4.98 Å². The number of rotatable bonds is 9. The predicted molar refractivity (Wildman–Crippen MR) is 335 cm³/mol. The predicted octanol–water partition coefficient (Wildman–Crippen LogP) is 18.3. The molecule has 3 heterocycles. The maximum Gasteiger partial charge on any atom is 0.101 e. The highest BCUT2D eigenvalue weighted by atomic mass is 15.0. The summed E-state index contributed by atoms with van der Waals surface area (Å²) in [5.74, 6) is 0. The molecule has 0 N–H and O–H groups in total. The maximum atomic E-state index is 11.8. The summed E-state index contributed by atoms with van der Waals surface area (Å²) in [6.45, 7) is 0. The second-order valence-electron chi connectivity index (χ2n) is 20.7. The third-order valence-corrected chi connectivity index (χ3v) is 15.8. The van der Waals surface area contributed by atoms with E-state index >= 15 is 0 Å². The minimum atomic E-state index is 0.426. The van der Waals surface area contributed by atoms with Gasteiger partial charge >= 0.3 is 0 Å². The monoisotopic (exact) mass is 1070 g/mol. The number of nitrogens with zero attached hydrogens (tertiary/aromatic N) is 8. The lowest BCUT2D eigenvalue weighted by Gasteiger charge is -2.20. The first-order valence-corrected chi connectivity index (χ1v) is 27.3. The van der Waals surface area contributed by atoms with E-state index in [0.29, 0.717) is 33.5 Å². The van der Waals surface area contributed by atoms with Gasteiger partial charge in [-0.3, -0.25) is 0 Å². The summed E-state index contributed by atoms with van der Waals surface area (Å²) in [6.07, 6.45) is 0. The number of hydrogen-bond acceptors (Lipinski definition) is 6. The largest absolute Gasteiger partial charge is 0.309 e. The zero-order chi connectivity index (χ0) is 56.8. The highest BCUT2D eigenvalue weighted by molar-refractivity contribution is 6.14. The first kappa shape index (κ1) is 49.9. The van der Waals surface area contributed by atoms with Crippen LogP contribution in [0, 0.1) is 56.7 Å². The standard InChI is InChI=1S/C76H42N8/c77-43-48-11-7-19-54(31-48)58-23-27-71-65(35-58)66-36-59(55-20-8-12-49(32-55)44-78)24-28-72(66)83(71)75-42-64(62-39-69(52-15-3-1-4-16-52)82-70(40-62)53-17-5-2-6-18-53)76(41-63(75)47-81)84-73-29-25-60(56-21-9-13-50(33-56)45-79)37-67(73)68-38-61(26-30-74(68)84)57-22-10-14-51(34-57)46-80/h1-42H. The fourth-order valence-corrected chi connectivity index (χ4v) is 11.8. The van der Waals surface area contributed by atoms with Crippen molar-refractivity contribution in [1.29, 1.82) is 26.3 Å². The van der Waals surface area contributed by atoms with Gasteiger partial charge in [0, 0.05) is 38.2 Å². The van der Waals surface area contributed by atoms with E-state index in [0.717, 1.165) is 127 Å². The Balaban J connectivity index is 1.09. The molecule has 0 saturated carbocycles. The summed E-state index contributed by atoms with van der Waals surface area (Å²) in [4.78, 5) is 5.33. The molecule has 0 bridgehead atoms. The summed E-state index contributed by atoms with van der Waals surface area (Å²) in [5.41, 5.74) is 20.1. The van der Waals surface area contributed by atoms with Gasteiger partial charge in [-0.2, -0.15) is 26.3 Å². The van der Waals surface area contributed by atoms with Crippen LogP contribution >= 0.6 is 0 Å². The molecule has 0 spiro atoms. The van der Waals surface area contributed by atoms with Crippen LogP contribution in [0.25, 0.3) is 133 Å². The normalized spacial score (nSPS) is 11.0. The average Bonchev–Trinajstić information content (AvgIpc) is 3.36. The number of benzene rings is 11. The molecule has 84 heavy (non-hydrogen) atoms. The highest BCUT2D eigenvalue weighted by Gasteiger charge is 2.25. The first-order valence-electron chi connectivity index (χ1n) is 27.3. The molecule has 0 radical (unpaired) electrons. The Morgan fingerprint density at radius 2 is 0.571 bits per heavy atom. The van der Waals surface area contributed by atoms with Gasteiger partial charge < -0.3 is 9.13 Å². The molecule has 14 rings (SSSR count). The zero-order valence-electron chi connectivity index (χ0n) is 44.8. The van der Waals surface area contributed by atoms with Gasteiger partial charge in [0.2, 0.25) is 0 Å². The van der Waals surface area contributed by atoms with E-state index in [1.165, 1.54) is 0 Å². The summed E-state index contributed by atoms with van der Waals surface area (Å²) in [6, 6.07) is 96.6. The van der Waals surface area contributed by atoms with Crippen LogP contribution in [-0.2, 0) is 0 Å². The molecule has 0 fully saturated rings. The van der Waals surface area contributed by atoms with Crippen molar-refractivity contribution in [3.8, 4) is 120 Å². The molecule has 0 amide bonds. The van der Waals surface area contributed by atoms with Crippen LogP contribution in [0.4, 0.5) is 0 Å². The molecule has 11 aromatic carbocycles. The number of pyridine rings is 1. The zero-order valence-corrected chi connectivity index (χ0v) is 44.8. The smallest absolute Gasteiger partial charge is 0.101 e. The second-order valence-corrected chi connectivity index (χ2v) is 20.7. The molecule has 0 unspecified atom stereocenters. The second kappa shape index (κ2) is 20.7. The van der Waals surface area contributed by atoms with Gasteiger partial charge in [0.15, 0.2) is 0 Å². The molecular weight excluding hydrogens is 1020 g/mol. The average molecular weight is 1070 g/mol. The molecule has 8 heteroatoms. The molecule has 0 aliphatic heterocycles. The Morgan fingerprint density at radius 1 is 0.250 bits per heavy atom. The molecular formula is C76H42N8. The lowest BCUT2D eigenvalue weighted by atomic mass is 9.96. The number of aromatic nitrogens is 3.